The van der Waals surface area contributed by atoms with Crippen LogP contribution in [0.3, 0.4) is 0 Å². The van der Waals surface area contributed by atoms with Crippen molar-refractivity contribution in [1.82, 2.24) is 0 Å². The number of Topliss-reactive ketones (excluding diaryl/α,β-unsaturated/α-hetero) is 1. The van der Waals surface area contributed by atoms with Gasteiger partial charge in [0.1, 0.15) is 5.60 Å². The van der Waals surface area contributed by atoms with Crippen molar-refractivity contribution in [2.45, 2.75) is 39.2 Å². The van der Waals surface area contributed by atoms with Gasteiger partial charge in [0, 0.05) is 18.5 Å². The highest BCUT2D eigenvalue weighted by Gasteiger charge is 2.32. The molecule has 0 unspecified atom stereocenters. The number of carbonyl (C=O) groups excluding carboxylic acids is 2. The van der Waals surface area contributed by atoms with Crippen molar-refractivity contribution in [2.24, 2.45) is 5.73 Å². The van der Waals surface area contributed by atoms with E-state index in [0.29, 0.717) is 24.3 Å². The Morgan fingerprint density at radius 2 is 2.05 bits per heavy atom. The number of nitrogens with zero attached hydrogens (tertiary/aromatic N) is 1. The predicted molar refractivity (Wildman–Crippen MR) is 81.7 cm³/mol. The second-order valence-electron chi connectivity index (χ2n) is 6.16. The van der Waals surface area contributed by atoms with Crippen molar-refractivity contribution in [3.05, 3.63) is 29.3 Å². The summed E-state index contributed by atoms with van der Waals surface area (Å²) >= 11 is 0. The average molecular weight is 290 g/mol. The molecule has 2 N–H and O–H groups in total. The molecule has 0 aromatic heterocycles. The first-order valence-corrected chi connectivity index (χ1v) is 7.19. The number of anilines is 1. The molecule has 0 atom stereocenters. The highest BCUT2D eigenvalue weighted by Crippen LogP contribution is 2.33. The van der Waals surface area contributed by atoms with Crippen LogP contribution in [0, 0.1) is 0 Å². The fraction of sp³-hybridized carbons (Fsp3) is 0.500. The molecule has 1 aromatic rings. The van der Waals surface area contributed by atoms with E-state index >= 15 is 0 Å². The second kappa shape index (κ2) is 5.85. The Hall–Kier alpha value is -1.88. The zero-order chi connectivity index (χ0) is 15.6. The lowest BCUT2D eigenvalue weighted by molar-refractivity contribution is 0.0584. The summed E-state index contributed by atoms with van der Waals surface area (Å²) in [6.45, 7) is 6.32. The van der Waals surface area contributed by atoms with E-state index in [0.717, 1.165) is 12.0 Å². The van der Waals surface area contributed by atoms with Gasteiger partial charge in [-0.05, 0) is 45.4 Å². The molecule has 5 nitrogen and oxygen atoms in total. The quantitative estimate of drug-likeness (QED) is 0.868. The van der Waals surface area contributed by atoms with Crippen LogP contribution in [0.2, 0.25) is 0 Å². The number of ketones is 1. The highest BCUT2D eigenvalue weighted by molar-refractivity contribution is 6.06. The van der Waals surface area contributed by atoms with Gasteiger partial charge in [0.2, 0.25) is 0 Å². The molecule has 1 amide bonds. The zero-order valence-electron chi connectivity index (χ0n) is 12.8. The predicted octanol–water partition coefficient (Wildman–Crippen LogP) is 2.52. The van der Waals surface area contributed by atoms with Gasteiger partial charge in [0.15, 0.2) is 5.78 Å². The Balaban J connectivity index is 2.33. The van der Waals surface area contributed by atoms with Gasteiger partial charge in [0.25, 0.3) is 0 Å². The average Bonchev–Trinajstić information content (AvgIpc) is 2.80. The summed E-state index contributed by atoms with van der Waals surface area (Å²) in [5.41, 5.74) is 7.15. The number of benzene rings is 1. The molecule has 0 saturated heterocycles. The number of amides is 1. The summed E-state index contributed by atoms with van der Waals surface area (Å²) in [5.74, 6) is -0.0372. The molecule has 1 heterocycles. The first-order valence-electron chi connectivity index (χ1n) is 7.19. The molecule has 21 heavy (non-hydrogen) atoms. The fourth-order valence-corrected chi connectivity index (χ4v) is 2.45. The third-order valence-electron chi connectivity index (χ3n) is 3.28. The fourth-order valence-electron chi connectivity index (χ4n) is 2.45. The van der Waals surface area contributed by atoms with E-state index in [2.05, 4.69) is 0 Å². The summed E-state index contributed by atoms with van der Waals surface area (Å²) in [6.07, 6.45) is 0.603. The molecule has 5 heteroatoms. The molecule has 114 valence electrons. The van der Waals surface area contributed by atoms with Crippen molar-refractivity contribution in [3.63, 3.8) is 0 Å². The summed E-state index contributed by atoms with van der Waals surface area (Å²) in [6, 6.07) is 5.54. The van der Waals surface area contributed by atoms with Crippen molar-refractivity contribution < 1.29 is 14.3 Å². The van der Waals surface area contributed by atoms with Crippen molar-refractivity contribution in [2.75, 3.05) is 18.0 Å². The maximum absolute atomic E-state index is 12.3. The van der Waals surface area contributed by atoms with E-state index in [9.17, 15) is 9.59 Å². The number of carbonyl (C=O) groups is 2. The highest BCUT2D eigenvalue weighted by atomic mass is 16.6. The van der Waals surface area contributed by atoms with E-state index in [1.54, 1.807) is 11.0 Å². The van der Waals surface area contributed by atoms with Crippen LogP contribution in [0.25, 0.3) is 0 Å². The van der Waals surface area contributed by atoms with Crippen LogP contribution in [0.5, 0.6) is 0 Å². The van der Waals surface area contributed by atoms with Crippen LogP contribution >= 0.6 is 0 Å². The third-order valence-corrected chi connectivity index (χ3v) is 3.28. The molecule has 0 bridgehead atoms. The number of nitrogens with two attached hydrogens (primary N) is 1. The number of hydrogen-bond donors (Lipinski definition) is 1. The lowest BCUT2D eigenvalue weighted by Gasteiger charge is -2.25. The molecule has 0 aliphatic carbocycles. The van der Waals surface area contributed by atoms with Crippen LogP contribution in [-0.2, 0) is 11.2 Å². The minimum absolute atomic E-state index is 0.0372. The van der Waals surface area contributed by atoms with Gasteiger partial charge in [-0.1, -0.05) is 12.1 Å². The standard InChI is InChI=1S/C16H22N2O3/c1-16(2,3)21-15(20)18-10-8-11-5-4-6-12(14(11)18)13(19)7-9-17/h4-6H,7-10,17H2,1-3H3. The monoisotopic (exact) mass is 290 g/mol. The van der Waals surface area contributed by atoms with Crippen LogP contribution in [0.4, 0.5) is 10.5 Å². The number of para-hydroxylation sites is 1. The summed E-state index contributed by atoms with van der Waals surface area (Å²) in [5, 5.41) is 0. The van der Waals surface area contributed by atoms with Gasteiger partial charge in [0.05, 0.1) is 5.69 Å². The van der Waals surface area contributed by atoms with Crippen molar-refractivity contribution in [1.29, 1.82) is 0 Å². The third kappa shape index (κ3) is 3.42. The Kier molecular flexibility index (Phi) is 4.32. The van der Waals surface area contributed by atoms with Crippen LogP contribution in [0.15, 0.2) is 18.2 Å². The van der Waals surface area contributed by atoms with Crippen molar-refractivity contribution >= 4 is 17.6 Å². The summed E-state index contributed by atoms with van der Waals surface area (Å²) < 4.78 is 5.42. The second-order valence-corrected chi connectivity index (χ2v) is 6.16. The lowest BCUT2D eigenvalue weighted by Crippen LogP contribution is -2.36. The van der Waals surface area contributed by atoms with E-state index in [4.69, 9.17) is 10.5 Å². The zero-order valence-corrected chi connectivity index (χ0v) is 12.8. The Labute approximate surface area is 125 Å². The van der Waals surface area contributed by atoms with Gasteiger partial charge in [-0.2, -0.15) is 0 Å². The van der Waals surface area contributed by atoms with E-state index in [1.165, 1.54) is 0 Å². The van der Waals surface area contributed by atoms with Crippen LogP contribution in [0.1, 0.15) is 43.1 Å². The molecule has 0 fully saturated rings. The number of rotatable bonds is 3. The molecular formula is C16H22N2O3. The molecule has 0 spiro atoms. The molecule has 2 rings (SSSR count). The minimum atomic E-state index is -0.559. The van der Waals surface area contributed by atoms with Gasteiger partial charge in [-0.15, -0.1) is 0 Å². The Morgan fingerprint density at radius 3 is 2.67 bits per heavy atom. The number of ether oxygens (including phenoxy) is 1. The van der Waals surface area contributed by atoms with E-state index in [1.807, 2.05) is 32.9 Å². The topological polar surface area (TPSA) is 72.6 Å². The Morgan fingerprint density at radius 1 is 1.33 bits per heavy atom. The van der Waals surface area contributed by atoms with Gasteiger partial charge < -0.3 is 10.5 Å². The van der Waals surface area contributed by atoms with Gasteiger partial charge >= 0.3 is 6.09 Å². The first-order chi connectivity index (χ1) is 9.83. The molecule has 1 aromatic carbocycles. The molecular weight excluding hydrogens is 268 g/mol. The molecule has 1 aliphatic heterocycles. The van der Waals surface area contributed by atoms with Crippen LogP contribution in [-0.4, -0.2) is 30.6 Å². The molecule has 0 saturated carbocycles. The largest absolute Gasteiger partial charge is 0.443 e. The normalized spacial score (nSPS) is 14.0. The molecule has 0 radical (unpaired) electrons. The van der Waals surface area contributed by atoms with Crippen molar-refractivity contribution in [3.8, 4) is 0 Å². The molecule has 1 aliphatic rings. The smallest absolute Gasteiger partial charge is 0.414 e. The first kappa shape index (κ1) is 15.5. The van der Waals surface area contributed by atoms with Crippen LogP contribution < -0.4 is 10.6 Å². The van der Waals surface area contributed by atoms with Gasteiger partial charge in [-0.25, -0.2) is 4.79 Å². The number of hydrogen-bond acceptors (Lipinski definition) is 4. The van der Waals surface area contributed by atoms with E-state index < -0.39 is 11.7 Å². The van der Waals surface area contributed by atoms with E-state index in [-0.39, 0.29) is 12.2 Å². The maximum Gasteiger partial charge on any atom is 0.414 e. The number of fused-ring (bicyclic) bond motifs is 1. The van der Waals surface area contributed by atoms with Gasteiger partial charge in [-0.3, -0.25) is 9.69 Å². The summed E-state index contributed by atoms with van der Waals surface area (Å²) in [7, 11) is 0. The maximum atomic E-state index is 12.3. The minimum Gasteiger partial charge on any atom is -0.443 e. The lowest BCUT2D eigenvalue weighted by atomic mass is 10.0. The Bertz CT molecular complexity index is 561. The summed E-state index contributed by atoms with van der Waals surface area (Å²) in [4.78, 5) is 26.1. The SMILES string of the molecule is CC(C)(C)OC(=O)N1CCc2cccc(C(=O)CCN)c21.